The highest BCUT2D eigenvalue weighted by molar-refractivity contribution is 5.78. The molecule has 0 saturated carbocycles. The van der Waals surface area contributed by atoms with Gasteiger partial charge in [0.2, 0.25) is 11.9 Å². The van der Waals surface area contributed by atoms with Gasteiger partial charge in [-0.3, -0.25) is 9.78 Å². The number of hydrogen-bond acceptors (Lipinski definition) is 6. The number of benzene rings is 1. The molecule has 1 aliphatic rings. The van der Waals surface area contributed by atoms with Gasteiger partial charge < -0.3 is 14.5 Å². The second-order valence-corrected chi connectivity index (χ2v) is 8.42. The Morgan fingerprint density at radius 1 is 1.15 bits per heavy atom. The predicted molar refractivity (Wildman–Crippen MR) is 129 cm³/mol. The fourth-order valence-corrected chi connectivity index (χ4v) is 4.27. The van der Waals surface area contributed by atoms with Crippen LogP contribution in [0.5, 0.6) is 5.75 Å². The van der Waals surface area contributed by atoms with Crippen LogP contribution in [0.3, 0.4) is 0 Å². The molecule has 1 saturated heterocycles. The molecule has 0 N–H and O–H groups in total. The molecule has 1 aliphatic heterocycles. The molecule has 1 amide bonds. The van der Waals surface area contributed by atoms with Gasteiger partial charge in [-0.25, -0.2) is 9.97 Å². The number of anilines is 1. The number of hydrogen-bond donors (Lipinski definition) is 0. The van der Waals surface area contributed by atoms with Crippen molar-refractivity contribution in [3.63, 3.8) is 0 Å². The summed E-state index contributed by atoms with van der Waals surface area (Å²) in [6.07, 6.45) is 8.46. The topological polar surface area (TPSA) is 71.5 Å². The van der Waals surface area contributed by atoms with Gasteiger partial charge in [0.05, 0.1) is 18.3 Å². The van der Waals surface area contributed by atoms with E-state index in [1.165, 1.54) is 0 Å². The molecule has 33 heavy (non-hydrogen) atoms. The minimum absolute atomic E-state index is 0.0531. The van der Waals surface area contributed by atoms with Gasteiger partial charge in [-0.15, -0.1) is 0 Å². The maximum atomic E-state index is 13.3. The highest BCUT2D eigenvalue weighted by Gasteiger charge is 2.33. The number of aryl methyl sites for hydroxylation is 1. The van der Waals surface area contributed by atoms with Crippen molar-refractivity contribution in [3.05, 3.63) is 66.2 Å². The first-order chi connectivity index (χ1) is 16.1. The van der Waals surface area contributed by atoms with Crippen molar-refractivity contribution in [3.8, 4) is 16.9 Å². The monoisotopic (exact) mass is 445 g/mol. The van der Waals surface area contributed by atoms with E-state index >= 15 is 0 Å². The Morgan fingerprint density at radius 3 is 2.61 bits per heavy atom. The summed E-state index contributed by atoms with van der Waals surface area (Å²) >= 11 is 0. The third kappa shape index (κ3) is 5.30. The first kappa shape index (κ1) is 22.7. The second kappa shape index (κ2) is 10.4. The van der Waals surface area contributed by atoms with Crippen LogP contribution >= 0.6 is 0 Å². The zero-order valence-corrected chi connectivity index (χ0v) is 19.6. The zero-order chi connectivity index (χ0) is 23.2. The summed E-state index contributed by atoms with van der Waals surface area (Å²) in [5.41, 5.74) is 4.02. The van der Waals surface area contributed by atoms with Crippen LogP contribution in [-0.4, -0.2) is 53.0 Å². The molecular weight excluding hydrogens is 414 g/mol. The molecule has 0 bridgehead atoms. The Kier molecular flexibility index (Phi) is 7.17. The normalized spacial score (nSPS) is 15.5. The molecule has 0 unspecified atom stereocenters. The summed E-state index contributed by atoms with van der Waals surface area (Å²) in [5.74, 6) is 1.67. The van der Waals surface area contributed by atoms with Crippen LogP contribution in [0.4, 0.5) is 5.95 Å². The van der Waals surface area contributed by atoms with E-state index in [2.05, 4.69) is 9.97 Å². The minimum Gasteiger partial charge on any atom is -0.494 e. The van der Waals surface area contributed by atoms with E-state index in [1.807, 2.05) is 73.4 Å². The van der Waals surface area contributed by atoms with Gasteiger partial charge in [-0.05, 0) is 61.6 Å². The Labute approximate surface area is 195 Å². The molecule has 7 nitrogen and oxygen atoms in total. The number of pyridine rings is 1. The standard InChI is InChI=1S/C26H31N5O2/c1-4-33-21-10-7-19(8-11-21)9-12-24(32)31-17-5-6-23(31)25-22(20-13-15-27-16-14-20)18-28-26(29-25)30(2)3/h7-8,10-11,13-16,18,23H,4-6,9,12,17H2,1-3H3/t23-/m1/s1. The van der Waals surface area contributed by atoms with Gasteiger partial charge >= 0.3 is 0 Å². The Balaban J connectivity index is 1.54. The van der Waals surface area contributed by atoms with E-state index in [4.69, 9.17) is 9.72 Å². The first-order valence-electron chi connectivity index (χ1n) is 11.5. The Hall–Kier alpha value is -3.48. The molecule has 4 rings (SSSR count). The molecule has 1 atom stereocenters. The van der Waals surface area contributed by atoms with Crippen molar-refractivity contribution < 1.29 is 9.53 Å². The average molecular weight is 446 g/mol. The lowest BCUT2D eigenvalue weighted by atomic mass is 10.0. The van der Waals surface area contributed by atoms with Gasteiger partial charge in [-0.1, -0.05) is 12.1 Å². The molecule has 0 spiro atoms. The van der Waals surface area contributed by atoms with E-state index in [0.29, 0.717) is 25.4 Å². The predicted octanol–water partition coefficient (Wildman–Crippen LogP) is 4.30. The van der Waals surface area contributed by atoms with Gasteiger partial charge in [0.15, 0.2) is 0 Å². The van der Waals surface area contributed by atoms with Crippen LogP contribution in [0, 0.1) is 0 Å². The fraction of sp³-hybridized carbons (Fsp3) is 0.385. The minimum atomic E-state index is -0.0531. The highest BCUT2D eigenvalue weighted by atomic mass is 16.5. The van der Waals surface area contributed by atoms with Crippen molar-refractivity contribution in [2.45, 2.75) is 38.6 Å². The van der Waals surface area contributed by atoms with Crippen LogP contribution < -0.4 is 9.64 Å². The Morgan fingerprint density at radius 2 is 1.91 bits per heavy atom. The summed E-state index contributed by atoms with van der Waals surface area (Å²) in [6, 6.07) is 11.9. The quantitative estimate of drug-likeness (QED) is 0.515. The third-order valence-corrected chi connectivity index (χ3v) is 5.95. The number of amides is 1. The molecule has 3 heterocycles. The van der Waals surface area contributed by atoms with Crippen molar-refractivity contribution in [2.75, 3.05) is 32.1 Å². The zero-order valence-electron chi connectivity index (χ0n) is 19.6. The van der Waals surface area contributed by atoms with Gasteiger partial charge in [0.25, 0.3) is 0 Å². The van der Waals surface area contributed by atoms with E-state index in [1.54, 1.807) is 12.4 Å². The highest BCUT2D eigenvalue weighted by Crippen LogP contribution is 2.37. The largest absolute Gasteiger partial charge is 0.494 e. The molecule has 172 valence electrons. The molecule has 2 aromatic heterocycles. The summed E-state index contributed by atoms with van der Waals surface area (Å²) in [6.45, 7) is 3.37. The lowest BCUT2D eigenvalue weighted by Gasteiger charge is -2.27. The van der Waals surface area contributed by atoms with E-state index in [-0.39, 0.29) is 11.9 Å². The van der Waals surface area contributed by atoms with Crippen LogP contribution in [0.15, 0.2) is 55.0 Å². The number of ether oxygens (including phenoxy) is 1. The molecule has 3 aromatic rings. The smallest absolute Gasteiger partial charge is 0.225 e. The Bertz CT molecular complexity index is 1070. The van der Waals surface area contributed by atoms with Crippen molar-refractivity contribution in [1.82, 2.24) is 19.9 Å². The van der Waals surface area contributed by atoms with Crippen LogP contribution in [0.1, 0.15) is 43.5 Å². The average Bonchev–Trinajstić information content (AvgIpc) is 3.34. The maximum absolute atomic E-state index is 13.3. The molecule has 0 radical (unpaired) electrons. The third-order valence-electron chi connectivity index (χ3n) is 5.95. The van der Waals surface area contributed by atoms with Gasteiger partial charge in [0, 0.05) is 51.2 Å². The van der Waals surface area contributed by atoms with Crippen LogP contribution in [-0.2, 0) is 11.2 Å². The number of aromatic nitrogens is 3. The first-order valence-corrected chi connectivity index (χ1v) is 11.5. The lowest BCUT2D eigenvalue weighted by Crippen LogP contribution is -2.31. The summed E-state index contributed by atoms with van der Waals surface area (Å²) < 4.78 is 5.51. The lowest BCUT2D eigenvalue weighted by molar-refractivity contribution is -0.132. The number of rotatable bonds is 8. The van der Waals surface area contributed by atoms with E-state index in [0.717, 1.165) is 47.5 Å². The van der Waals surface area contributed by atoms with Crippen LogP contribution in [0.25, 0.3) is 11.1 Å². The number of likely N-dealkylation sites (tertiary alicyclic amines) is 1. The summed E-state index contributed by atoms with van der Waals surface area (Å²) in [5, 5.41) is 0. The molecule has 1 fully saturated rings. The number of carbonyl (C=O) groups excluding carboxylic acids is 1. The molecule has 1 aromatic carbocycles. The number of nitrogens with zero attached hydrogens (tertiary/aromatic N) is 5. The van der Waals surface area contributed by atoms with Crippen molar-refractivity contribution in [1.29, 1.82) is 0 Å². The second-order valence-electron chi connectivity index (χ2n) is 8.42. The van der Waals surface area contributed by atoms with Gasteiger partial charge in [0.1, 0.15) is 5.75 Å². The summed E-state index contributed by atoms with van der Waals surface area (Å²) in [4.78, 5) is 30.7. The van der Waals surface area contributed by atoms with E-state index in [9.17, 15) is 4.79 Å². The maximum Gasteiger partial charge on any atom is 0.225 e. The molecular formula is C26H31N5O2. The van der Waals surface area contributed by atoms with E-state index < -0.39 is 0 Å². The SMILES string of the molecule is CCOc1ccc(CCC(=O)N2CCC[C@@H]2c2nc(N(C)C)ncc2-c2ccncc2)cc1. The molecule has 0 aliphatic carbocycles. The fourth-order valence-electron chi connectivity index (χ4n) is 4.27. The van der Waals surface area contributed by atoms with Crippen molar-refractivity contribution in [2.24, 2.45) is 0 Å². The van der Waals surface area contributed by atoms with Gasteiger partial charge in [-0.2, -0.15) is 0 Å². The summed E-state index contributed by atoms with van der Waals surface area (Å²) in [7, 11) is 3.86. The van der Waals surface area contributed by atoms with Crippen LogP contribution in [0.2, 0.25) is 0 Å². The van der Waals surface area contributed by atoms with Crippen molar-refractivity contribution >= 4 is 11.9 Å². The molecule has 7 heteroatoms. The number of carbonyl (C=O) groups is 1.